The number of furan rings is 1. The molecule has 5 heteroatoms. The predicted octanol–water partition coefficient (Wildman–Crippen LogP) is 2.38. The van der Waals surface area contributed by atoms with Gasteiger partial charge in [-0.25, -0.2) is 0 Å². The van der Waals surface area contributed by atoms with E-state index in [9.17, 15) is 4.79 Å². The number of nitrogen functional groups attached to an aromatic ring is 1. The quantitative estimate of drug-likeness (QED) is 0.719. The van der Waals surface area contributed by atoms with Gasteiger partial charge in [0.25, 0.3) is 5.91 Å². The summed E-state index contributed by atoms with van der Waals surface area (Å²) in [5.41, 5.74) is 7.94. The van der Waals surface area contributed by atoms with E-state index in [2.05, 4.69) is 10.3 Å². The highest BCUT2D eigenvalue weighted by atomic mass is 16.3. The Morgan fingerprint density at radius 3 is 2.95 bits per heavy atom. The highest BCUT2D eigenvalue weighted by Crippen LogP contribution is 2.21. The fourth-order valence-corrected chi connectivity index (χ4v) is 2.11. The molecule has 0 spiro atoms. The first-order valence-electron chi connectivity index (χ1n) is 6.69. The van der Waals surface area contributed by atoms with Gasteiger partial charge in [-0.1, -0.05) is 6.07 Å². The standard InChI is InChI=1S/C16H15N3O2/c17-12-4-5-14-11(9-12)10-15(21-14)16(20)19-8-6-13-3-1-2-7-18-13/h1-5,7,9-10H,6,8,17H2,(H,19,20). The van der Waals surface area contributed by atoms with Crippen molar-refractivity contribution in [2.45, 2.75) is 6.42 Å². The van der Waals surface area contributed by atoms with Crippen LogP contribution in [0.25, 0.3) is 11.0 Å². The first-order chi connectivity index (χ1) is 10.2. The monoisotopic (exact) mass is 281 g/mol. The van der Waals surface area contributed by atoms with Crippen LogP contribution in [0.3, 0.4) is 0 Å². The van der Waals surface area contributed by atoms with Gasteiger partial charge in [0.1, 0.15) is 5.58 Å². The van der Waals surface area contributed by atoms with Crippen molar-refractivity contribution in [2.24, 2.45) is 0 Å². The molecule has 3 aromatic rings. The predicted molar refractivity (Wildman–Crippen MR) is 80.9 cm³/mol. The van der Waals surface area contributed by atoms with Gasteiger partial charge in [-0.2, -0.15) is 0 Å². The number of nitrogens with two attached hydrogens (primary N) is 1. The van der Waals surface area contributed by atoms with Crippen LogP contribution in [0, 0.1) is 0 Å². The number of carbonyl (C=O) groups excluding carboxylic acids is 1. The zero-order valence-electron chi connectivity index (χ0n) is 11.4. The van der Waals surface area contributed by atoms with Crippen LogP contribution >= 0.6 is 0 Å². The van der Waals surface area contributed by atoms with Gasteiger partial charge in [0.05, 0.1) is 0 Å². The van der Waals surface area contributed by atoms with Gasteiger partial charge in [-0.05, 0) is 36.4 Å². The summed E-state index contributed by atoms with van der Waals surface area (Å²) in [6, 6.07) is 12.7. The van der Waals surface area contributed by atoms with E-state index in [0.29, 0.717) is 24.2 Å². The molecule has 0 saturated carbocycles. The molecule has 1 amide bonds. The third-order valence-corrected chi connectivity index (χ3v) is 3.16. The largest absolute Gasteiger partial charge is 0.451 e. The summed E-state index contributed by atoms with van der Waals surface area (Å²) in [5, 5.41) is 3.64. The maximum Gasteiger partial charge on any atom is 0.287 e. The molecule has 0 bridgehead atoms. The summed E-state index contributed by atoms with van der Waals surface area (Å²) in [7, 11) is 0. The zero-order chi connectivity index (χ0) is 14.7. The number of pyridine rings is 1. The van der Waals surface area contributed by atoms with Crippen molar-refractivity contribution in [3.05, 3.63) is 60.1 Å². The van der Waals surface area contributed by atoms with Gasteiger partial charge in [-0.3, -0.25) is 9.78 Å². The lowest BCUT2D eigenvalue weighted by molar-refractivity contribution is 0.0928. The van der Waals surface area contributed by atoms with Crippen molar-refractivity contribution in [1.29, 1.82) is 0 Å². The topological polar surface area (TPSA) is 81.1 Å². The van der Waals surface area contributed by atoms with Gasteiger partial charge in [-0.15, -0.1) is 0 Å². The molecule has 0 aliphatic rings. The Balaban J connectivity index is 1.64. The number of nitrogens with one attached hydrogen (secondary N) is 1. The molecule has 0 fully saturated rings. The number of amides is 1. The van der Waals surface area contributed by atoms with E-state index < -0.39 is 0 Å². The summed E-state index contributed by atoms with van der Waals surface area (Å²) in [5.74, 6) is 0.0531. The van der Waals surface area contributed by atoms with Crippen LogP contribution < -0.4 is 11.1 Å². The van der Waals surface area contributed by atoms with E-state index in [-0.39, 0.29) is 11.7 Å². The SMILES string of the molecule is Nc1ccc2oc(C(=O)NCCc3ccccn3)cc2c1. The van der Waals surface area contributed by atoms with E-state index in [4.69, 9.17) is 10.2 Å². The first-order valence-corrected chi connectivity index (χ1v) is 6.69. The second kappa shape index (κ2) is 5.66. The Bertz CT molecular complexity index is 766. The molecule has 0 radical (unpaired) electrons. The average Bonchev–Trinajstić information content (AvgIpc) is 2.91. The zero-order valence-corrected chi connectivity index (χ0v) is 11.4. The number of aromatic nitrogens is 1. The second-order valence-corrected chi connectivity index (χ2v) is 4.73. The van der Waals surface area contributed by atoms with E-state index in [1.54, 1.807) is 30.5 Å². The van der Waals surface area contributed by atoms with E-state index in [1.165, 1.54) is 0 Å². The Morgan fingerprint density at radius 2 is 2.14 bits per heavy atom. The van der Waals surface area contributed by atoms with Gasteiger partial charge >= 0.3 is 0 Å². The first kappa shape index (κ1) is 13.2. The number of hydrogen-bond donors (Lipinski definition) is 2. The lowest BCUT2D eigenvalue weighted by atomic mass is 10.2. The molecule has 2 heterocycles. The summed E-state index contributed by atoms with van der Waals surface area (Å²) >= 11 is 0. The van der Waals surface area contributed by atoms with Crippen LogP contribution in [-0.4, -0.2) is 17.4 Å². The average molecular weight is 281 g/mol. The molecule has 5 nitrogen and oxygen atoms in total. The Morgan fingerprint density at radius 1 is 1.24 bits per heavy atom. The van der Waals surface area contributed by atoms with Crippen LogP contribution in [-0.2, 0) is 6.42 Å². The Hall–Kier alpha value is -2.82. The minimum Gasteiger partial charge on any atom is -0.451 e. The molecule has 0 saturated heterocycles. The minimum atomic E-state index is -0.235. The van der Waals surface area contributed by atoms with Gasteiger partial charge in [0.15, 0.2) is 5.76 Å². The lowest BCUT2D eigenvalue weighted by Gasteiger charge is -2.02. The Kier molecular flexibility index (Phi) is 3.55. The highest BCUT2D eigenvalue weighted by Gasteiger charge is 2.11. The number of fused-ring (bicyclic) bond motifs is 1. The molecule has 0 aliphatic heterocycles. The lowest BCUT2D eigenvalue weighted by Crippen LogP contribution is -2.25. The van der Waals surface area contributed by atoms with Crippen LogP contribution in [0.5, 0.6) is 0 Å². The van der Waals surface area contributed by atoms with Crippen LogP contribution in [0.2, 0.25) is 0 Å². The van der Waals surface area contributed by atoms with E-state index in [1.807, 2.05) is 18.2 Å². The number of anilines is 1. The van der Waals surface area contributed by atoms with E-state index in [0.717, 1.165) is 11.1 Å². The van der Waals surface area contributed by atoms with Gasteiger partial charge < -0.3 is 15.5 Å². The van der Waals surface area contributed by atoms with Crippen LogP contribution in [0.4, 0.5) is 5.69 Å². The fourth-order valence-electron chi connectivity index (χ4n) is 2.11. The molecule has 3 rings (SSSR count). The second-order valence-electron chi connectivity index (χ2n) is 4.73. The van der Waals surface area contributed by atoms with Crippen LogP contribution in [0.1, 0.15) is 16.2 Å². The molecule has 0 aliphatic carbocycles. The van der Waals surface area contributed by atoms with Gasteiger partial charge in [0.2, 0.25) is 0 Å². The number of benzene rings is 1. The number of carbonyl (C=O) groups is 1. The van der Waals surface area contributed by atoms with E-state index >= 15 is 0 Å². The maximum atomic E-state index is 12.0. The molecule has 1 aromatic carbocycles. The number of rotatable bonds is 4. The van der Waals surface area contributed by atoms with Crippen molar-refractivity contribution in [3.8, 4) is 0 Å². The third-order valence-electron chi connectivity index (χ3n) is 3.16. The van der Waals surface area contributed by atoms with Gasteiger partial charge in [0, 0.05) is 35.9 Å². The molecule has 2 aromatic heterocycles. The molecule has 3 N–H and O–H groups in total. The molecule has 0 unspecified atom stereocenters. The summed E-state index contributed by atoms with van der Waals surface area (Å²) in [6.07, 6.45) is 2.42. The molecule has 21 heavy (non-hydrogen) atoms. The number of hydrogen-bond acceptors (Lipinski definition) is 4. The molecular formula is C16H15N3O2. The third kappa shape index (κ3) is 3.02. The van der Waals surface area contributed by atoms with Crippen molar-refractivity contribution >= 4 is 22.6 Å². The highest BCUT2D eigenvalue weighted by molar-refractivity contribution is 5.96. The fraction of sp³-hybridized carbons (Fsp3) is 0.125. The minimum absolute atomic E-state index is 0.235. The van der Waals surface area contributed by atoms with Crippen molar-refractivity contribution < 1.29 is 9.21 Å². The summed E-state index contributed by atoms with van der Waals surface area (Å²) in [4.78, 5) is 16.2. The maximum absolute atomic E-state index is 12.0. The van der Waals surface area contributed by atoms with Crippen molar-refractivity contribution in [3.63, 3.8) is 0 Å². The molecule has 0 atom stereocenters. The summed E-state index contributed by atoms with van der Waals surface area (Å²) < 4.78 is 5.50. The number of nitrogens with zero attached hydrogens (tertiary/aromatic N) is 1. The van der Waals surface area contributed by atoms with Crippen molar-refractivity contribution in [2.75, 3.05) is 12.3 Å². The molecule has 106 valence electrons. The normalized spacial score (nSPS) is 10.7. The Labute approximate surface area is 121 Å². The summed E-state index contributed by atoms with van der Waals surface area (Å²) in [6.45, 7) is 0.509. The smallest absolute Gasteiger partial charge is 0.287 e. The molecular weight excluding hydrogens is 266 g/mol. The van der Waals surface area contributed by atoms with Crippen LogP contribution in [0.15, 0.2) is 53.1 Å². The van der Waals surface area contributed by atoms with Crippen molar-refractivity contribution in [1.82, 2.24) is 10.3 Å².